The second-order valence-electron chi connectivity index (χ2n) is 5.73. The predicted octanol–water partition coefficient (Wildman–Crippen LogP) is 2.15. The number of piperazine rings is 1. The highest BCUT2D eigenvalue weighted by molar-refractivity contribution is 6.31. The normalized spacial score (nSPS) is 19.5. The van der Waals surface area contributed by atoms with Gasteiger partial charge in [0.1, 0.15) is 5.84 Å². The van der Waals surface area contributed by atoms with Crippen LogP contribution >= 0.6 is 11.6 Å². The van der Waals surface area contributed by atoms with Crippen LogP contribution in [0, 0.1) is 5.41 Å². The molecule has 0 saturated carbocycles. The van der Waals surface area contributed by atoms with Crippen molar-refractivity contribution in [3.05, 3.63) is 28.8 Å². The molecule has 0 bridgehead atoms. The van der Waals surface area contributed by atoms with Crippen LogP contribution in [0.5, 0.6) is 0 Å². The van der Waals surface area contributed by atoms with Crippen LogP contribution < -0.4 is 10.6 Å². The van der Waals surface area contributed by atoms with Crippen molar-refractivity contribution in [2.24, 2.45) is 5.73 Å². The number of anilines is 1. The Morgan fingerprint density at radius 1 is 1.37 bits per heavy atom. The number of amidine groups is 1. The monoisotopic (exact) mass is 280 g/mol. The van der Waals surface area contributed by atoms with Gasteiger partial charge in [0.25, 0.3) is 0 Å². The van der Waals surface area contributed by atoms with Crippen LogP contribution in [-0.4, -0.2) is 43.0 Å². The fourth-order valence-corrected chi connectivity index (χ4v) is 2.61. The van der Waals surface area contributed by atoms with Crippen molar-refractivity contribution in [2.75, 3.05) is 31.6 Å². The van der Waals surface area contributed by atoms with Gasteiger partial charge in [-0.2, -0.15) is 0 Å². The van der Waals surface area contributed by atoms with Crippen molar-refractivity contribution in [3.63, 3.8) is 0 Å². The highest BCUT2D eigenvalue weighted by atomic mass is 35.5. The van der Waals surface area contributed by atoms with Gasteiger partial charge in [-0.3, -0.25) is 10.3 Å². The Hall–Kier alpha value is -1.26. The zero-order valence-electron chi connectivity index (χ0n) is 11.7. The third-order valence-electron chi connectivity index (χ3n) is 3.91. The molecule has 1 aliphatic rings. The molecular weight excluding hydrogens is 260 g/mol. The van der Waals surface area contributed by atoms with E-state index in [1.54, 1.807) is 6.07 Å². The first kappa shape index (κ1) is 14.2. The summed E-state index contributed by atoms with van der Waals surface area (Å²) in [5.74, 6) is 0.0865. The molecule has 104 valence electrons. The molecule has 1 saturated heterocycles. The lowest BCUT2D eigenvalue weighted by Crippen LogP contribution is -2.58. The second-order valence-corrected chi connectivity index (χ2v) is 6.17. The maximum absolute atomic E-state index is 7.70. The molecule has 5 heteroatoms. The van der Waals surface area contributed by atoms with E-state index in [2.05, 4.69) is 30.7 Å². The van der Waals surface area contributed by atoms with Gasteiger partial charge in [-0.05, 0) is 39.1 Å². The van der Waals surface area contributed by atoms with E-state index in [0.717, 1.165) is 30.9 Å². The summed E-state index contributed by atoms with van der Waals surface area (Å²) in [6.07, 6.45) is 0. The number of nitrogen functional groups attached to an aromatic ring is 1. The van der Waals surface area contributed by atoms with E-state index < -0.39 is 0 Å². The summed E-state index contributed by atoms with van der Waals surface area (Å²) < 4.78 is 0. The van der Waals surface area contributed by atoms with Crippen molar-refractivity contribution < 1.29 is 0 Å². The van der Waals surface area contributed by atoms with E-state index in [0.29, 0.717) is 5.02 Å². The minimum Gasteiger partial charge on any atom is -0.384 e. The van der Waals surface area contributed by atoms with E-state index in [4.69, 9.17) is 22.7 Å². The van der Waals surface area contributed by atoms with E-state index in [1.807, 2.05) is 12.1 Å². The molecule has 0 amide bonds. The molecule has 0 aromatic heterocycles. The molecule has 0 aliphatic carbocycles. The fourth-order valence-electron chi connectivity index (χ4n) is 2.44. The molecular formula is C14H21ClN4. The van der Waals surface area contributed by atoms with Gasteiger partial charge in [-0.15, -0.1) is 0 Å². The Morgan fingerprint density at radius 3 is 2.63 bits per heavy atom. The third-order valence-corrected chi connectivity index (χ3v) is 4.14. The SMILES string of the molecule is CN1CCN(c2cc(Cl)ccc2C(=N)N)CC1(C)C. The predicted molar refractivity (Wildman–Crippen MR) is 81.4 cm³/mol. The molecule has 4 nitrogen and oxygen atoms in total. The maximum atomic E-state index is 7.70. The molecule has 19 heavy (non-hydrogen) atoms. The Kier molecular flexibility index (Phi) is 3.74. The molecule has 0 spiro atoms. The van der Waals surface area contributed by atoms with Crippen LogP contribution in [-0.2, 0) is 0 Å². The fraction of sp³-hybridized carbons (Fsp3) is 0.500. The van der Waals surface area contributed by atoms with Gasteiger partial charge in [-0.25, -0.2) is 0 Å². The lowest BCUT2D eigenvalue weighted by molar-refractivity contribution is 0.139. The summed E-state index contributed by atoms with van der Waals surface area (Å²) in [6, 6.07) is 5.51. The van der Waals surface area contributed by atoms with Gasteiger partial charge in [0, 0.05) is 41.4 Å². The molecule has 1 aromatic carbocycles. The number of nitrogens with one attached hydrogen (secondary N) is 1. The topological polar surface area (TPSA) is 56.4 Å². The van der Waals surface area contributed by atoms with Gasteiger partial charge < -0.3 is 10.6 Å². The number of nitrogens with zero attached hydrogens (tertiary/aromatic N) is 2. The van der Waals surface area contributed by atoms with Crippen molar-refractivity contribution >= 4 is 23.1 Å². The van der Waals surface area contributed by atoms with E-state index in [9.17, 15) is 0 Å². The number of halogens is 1. The third kappa shape index (κ3) is 2.85. The number of rotatable bonds is 2. The van der Waals surface area contributed by atoms with Gasteiger partial charge in [-0.1, -0.05) is 11.6 Å². The number of hydrogen-bond donors (Lipinski definition) is 2. The molecule has 1 aliphatic heterocycles. The Bertz CT molecular complexity index is 498. The van der Waals surface area contributed by atoms with Crippen molar-refractivity contribution in [1.82, 2.24) is 4.90 Å². The Balaban J connectivity index is 2.36. The zero-order chi connectivity index (χ0) is 14.2. The van der Waals surface area contributed by atoms with Crippen molar-refractivity contribution in [1.29, 1.82) is 5.41 Å². The Morgan fingerprint density at radius 2 is 2.05 bits per heavy atom. The van der Waals surface area contributed by atoms with Crippen LogP contribution in [0.3, 0.4) is 0 Å². The molecule has 1 fully saturated rings. The van der Waals surface area contributed by atoms with Gasteiger partial charge in [0.2, 0.25) is 0 Å². The highest BCUT2D eigenvalue weighted by Gasteiger charge is 2.32. The quantitative estimate of drug-likeness (QED) is 0.645. The summed E-state index contributed by atoms with van der Waals surface area (Å²) in [5, 5.41) is 8.38. The largest absolute Gasteiger partial charge is 0.384 e. The van der Waals surface area contributed by atoms with Crippen LogP contribution in [0.25, 0.3) is 0 Å². The first-order valence-electron chi connectivity index (χ1n) is 6.41. The van der Waals surface area contributed by atoms with Crippen LogP contribution in [0.1, 0.15) is 19.4 Å². The number of nitrogens with two attached hydrogens (primary N) is 1. The molecule has 3 N–H and O–H groups in total. The van der Waals surface area contributed by atoms with Gasteiger partial charge >= 0.3 is 0 Å². The van der Waals surface area contributed by atoms with Crippen LogP contribution in [0.2, 0.25) is 5.02 Å². The summed E-state index contributed by atoms with van der Waals surface area (Å²) >= 11 is 6.09. The zero-order valence-corrected chi connectivity index (χ0v) is 12.5. The van der Waals surface area contributed by atoms with Crippen molar-refractivity contribution in [3.8, 4) is 0 Å². The second kappa shape index (κ2) is 5.02. The Labute approximate surface area is 119 Å². The number of benzene rings is 1. The maximum Gasteiger partial charge on any atom is 0.124 e. The minimum absolute atomic E-state index is 0.0865. The van der Waals surface area contributed by atoms with E-state index in [-0.39, 0.29) is 11.4 Å². The standard InChI is InChI=1S/C14H21ClN4/c1-14(2)9-19(7-6-18(14)3)12-8-10(15)4-5-11(12)13(16)17/h4-5,8H,6-7,9H2,1-3H3,(H3,16,17). The molecule has 0 atom stereocenters. The molecule has 2 rings (SSSR count). The van der Waals surface area contributed by atoms with Crippen LogP contribution in [0.15, 0.2) is 18.2 Å². The summed E-state index contributed by atoms with van der Waals surface area (Å²) in [5.41, 5.74) is 7.48. The first-order chi connectivity index (χ1) is 8.81. The highest BCUT2D eigenvalue weighted by Crippen LogP contribution is 2.29. The summed E-state index contributed by atoms with van der Waals surface area (Å²) in [4.78, 5) is 4.62. The molecule has 0 radical (unpaired) electrons. The van der Waals surface area contributed by atoms with Gasteiger partial charge in [0.15, 0.2) is 0 Å². The first-order valence-corrected chi connectivity index (χ1v) is 6.79. The molecule has 1 heterocycles. The smallest absolute Gasteiger partial charge is 0.124 e. The van der Waals surface area contributed by atoms with Crippen LogP contribution in [0.4, 0.5) is 5.69 Å². The van der Waals surface area contributed by atoms with E-state index in [1.165, 1.54) is 0 Å². The minimum atomic E-state index is 0.0865. The summed E-state index contributed by atoms with van der Waals surface area (Å²) in [7, 11) is 2.14. The molecule has 1 aromatic rings. The van der Waals surface area contributed by atoms with Gasteiger partial charge in [0.05, 0.1) is 0 Å². The number of likely N-dealkylation sites (N-methyl/N-ethyl adjacent to an activating group) is 1. The van der Waals surface area contributed by atoms with E-state index >= 15 is 0 Å². The molecule has 0 unspecified atom stereocenters. The van der Waals surface area contributed by atoms with Crippen molar-refractivity contribution in [2.45, 2.75) is 19.4 Å². The average Bonchev–Trinajstić information content (AvgIpc) is 2.32. The lowest BCUT2D eigenvalue weighted by Gasteiger charge is -2.46. The number of hydrogen-bond acceptors (Lipinski definition) is 3. The average molecular weight is 281 g/mol. The lowest BCUT2D eigenvalue weighted by atomic mass is 9.98. The summed E-state index contributed by atoms with van der Waals surface area (Å²) in [6.45, 7) is 7.23.